The monoisotopic (exact) mass is 493 g/mol. The standard InChI is InChI=1S/C26H27N3O5S/c1-35(31,32)28-15-18(16-28)17-29-24(27-26(25(29)30)9-12-33-13-10-26)20-4-2-19(3-5-20)21-6-7-23-22(14-21)8-11-34-23/h2-8,11,14,18H,9-10,12-13,15-17H2,1H3. The predicted molar refractivity (Wildman–Crippen MR) is 133 cm³/mol. The molecule has 9 heteroatoms. The summed E-state index contributed by atoms with van der Waals surface area (Å²) in [7, 11) is -3.20. The number of furan rings is 1. The van der Waals surface area contributed by atoms with E-state index in [9.17, 15) is 13.2 Å². The van der Waals surface area contributed by atoms with Crippen LogP contribution in [0.2, 0.25) is 0 Å². The van der Waals surface area contributed by atoms with E-state index in [1.165, 1.54) is 10.6 Å². The van der Waals surface area contributed by atoms with Gasteiger partial charge >= 0.3 is 0 Å². The van der Waals surface area contributed by atoms with Gasteiger partial charge in [0, 0.05) is 62.6 Å². The SMILES string of the molecule is CS(=O)(=O)N1CC(CN2C(=O)C3(CCOCC3)N=C2c2ccc(-c3ccc4occc4c3)cc2)C1. The Morgan fingerprint density at radius 2 is 1.69 bits per heavy atom. The van der Waals surface area contributed by atoms with Crippen molar-refractivity contribution in [3.63, 3.8) is 0 Å². The van der Waals surface area contributed by atoms with E-state index in [-0.39, 0.29) is 11.8 Å². The average Bonchev–Trinajstić information content (AvgIpc) is 3.39. The van der Waals surface area contributed by atoms with Crippen LogP contribution in [0.5, 0.6) is 0 Å². The zero-order valence-corrected chi connectivity index (χ0v) is 20.3. The van der Waals surface area contributed by atoms with E-state index in [0.717, 1.165) is 27.7 Å². The van der Waals surface area contributed by atoms with Crippen molar-refractivity contribution >= 4 is 32.7 Å². The number of hydrogen-bond donors (Lipinski definition) is 0. The van der Waals surface area contributed by atoms with Gasteiger partial charge < -0.3 is 9.15 Å². The molecule has 1 amide bonds. The highest BCUT2D eigenvalue weighted by Crippen LogP contribution is 2.36. The van der Waals surface area contributed by atoms with Crippen LogP contribution in [0, 0.1) is 5.92 Å². The van der Waals surface area contributed by atoms with Crippen LogP contribution in [0.15, 0.2) is 64.2 Å². The molecule has 3 aliphatic rings. The molecule has 35 heavy (non-hydrogen) atoms. The second-order valence-corrected chi connectivity index (χ2v) is 11.7. The van der Waals surface area contributed by atoms with Crippen molar-refractivity contribution < 1.29 is 22.4 Å². The highest BCUT2D eigenvalue weighted by Gasteiger charge is 2.50. The predicted octanol–water partition coefficient (Wildman–Crippen LogP) is 3.13. The highest BCUT2D eigenvalue weighted by molar-refractivity contribution is 7.88. The third kappa shape index (κ3) is 3.97. The van der Waals surface area contributed by atoms with Gasteiger partial charge in [-0.1, -0.05) is 30.3 Å². The van der Waals surface area contributed by atoms with E-state index in [1.807, 2.05) is 42.5 Å². The van der Waals surface area contributed by atoms with Crippen LogP contribution < -0.4 is 0 Å². The van der Waals surface area contributed by atoms with Crippen LogP contribution >= 0.6 is 0 Å². The van der Waals surface area contributed by atoms with E-state index in [0.29, 0.717) is 51.5 Å². The number of aliphatic imine (C=N–C) groups is 1. The highest BCUT2D eigenvalue weighted by atomic mass is 32.2. The van der Waals surface area contributed by atoms with Gasteiger partial charge in [0.25, 0.3) is 5.91 Å². The van der Waals surface area contributed by atoms with Crippen molar-refractivity contribution in [1.29, 1.82) is 0 Å². The number of ether oxygens (including phenoxy) is 1. The van der Waals surface area contributed by atoms with Crippen LogP contribution in [-0.2, 0) is 19.6 Å². The van der Waals surface area contributed by atoms with Gasteiger partial charge in [-0.2, -0.15) is 0 Å². The lowest BCUT2D eigenvalue weighted by Crippen LogP contribution is -2.55. The molecule has 3 aliphatic heterocycles. The first-order chi connectivity index (χ1) is 16.8. The molecule has 4 heterocycles. The van der Waals surface area contributed by atoms with E-state index in [4.69, 9.17) is 14.1 Å². The first kappa shape index (κ1) is 22.5. The van der Waals surface area contributed by atoms with Gasteiger partial charge in [0.15, 0.2) is 0 Å². The second-order valence-electron chi connectivity index (χ2n) is 9.69. The fraction of sp³-hybridized carbons (Fsp3) is 0.385. The minimum Gasteiger partial charge on any atom is -0.464 e. The fourth-order valence-electron chi connectivity index (χ4n) is 5.21. The van der Waals surface area contributed by atoms with Crippen LogP contribution in [0.3, 0.4) is 0 Å². The summed E-state index contributed by atoms with van der Waals surface area (Å²) in [5.41, 5.74) is 3.11. The van der Waals surface area contributed by atoms with Crippen LogP contribution in [-0.4, -0.2) is 74.0 Å². The maximum absolute atomic E-state index is 13.6. The molecule has 2 fully saturated rings. The average molecular weight is 494 g/mol. The van der Waals surface area contributed by atoms with Crippen LogP contribution in [0.25, 0.3) is 22.1 Å². The Kier molecular flexibility index (Phi) is 5.32. The number of hydrogen-bond acceptors (Lipinski definition) is 6. The minimum atomic E-state index is -3.20. The van der Waals surface area contributed by atoms with E-state index in [1.54, 1.807) is 11.2 Å². The number of carbonyl (C=O) groups is 1. The summed E-state index contributed by atoms with van der Waals surface area (Å²) >= 11 is 0. The summed E-state index contributed by atoms with van der Waals surface area (Å²) in [5.74, 6) is 0.768. The molecule has 182 valence electrons. The number of benzene rings is 2. The zero-order valence-electron chi connectivity index (χ0n) is 19.5. The van der Waals surface area contributed by atoms with E-state index >= 15 is 0 Å². The van der Waals surface area contributed by atoms with Crippen molar-refractivity contribution in [2.75, 3.05) is 39.1 Å². The Morgan fingerprint density at radius 1 is 1.00 bits per heavy atom. The lowest BCUT2D eigenvalue weighted by atomic mass is 9.90. The number of rotatable bonds is 5. The molecular weight excluding hydrogens is 466 g/mol. The number of carbonyl (C=O) groups excluding carboxylic acids is 1. The maximum Gasteiger partial charge on any atom is 0.256 e. The number of fused-ring (bicyclic) bond motifs is 1. The van der Waals surface area contributed by atoms with Crippen molar-refractivity contribution in [2.24, 2.45) is 10.9 Å². The molecule has 6 rings (SSSR count). The first-order valence-electron chi connectivity index (χ1n) is 11.9. The lowest BCUT2D eigenvalue weighted by Gasteiger charge is -2.39. The molecule has 0 aliphatic carbocycles. The van der Waals surface area contributed by atoms with E-state index < -0.39 is 15.6 Å². The van der Waals surface area contributed by atoms with Gasteiger partial charge in [-0.3, -0.25) is 14.7 Å². The van der Waals surface area contributed by atoms with Gasteiger partial charge in [0.1, 0.15) is 17.0 Å². The largest absolute Gasteiger partial charge is 0.464 e. The second kappa shape index (κ2) is 8.29. The first-order valence-corrected chi connectivity index (χ1v) is 13.7. The molecule has 1 spiro atoms. The Balaban J connectivity index is 1.28. The molecule has 3 aromatic rings. The number of sulfonamides is 1. The molecular formula is C26H27N3O5S. The summed E-state index contributed by atoms with van der Waals surface area (Å²) in [6.45, 7) is 2.35. The molecule has 0 unspecified atom stereocenters. The van der Waals surface area contributed by atoms with Crippen LogP contribution in [0.4, 0.5) is 0 Å². The summed E-state index contributed by atoms with van der Waals surface area (Å²) in [5, 5.41) is 1.05. The third-order valence-electron chi connectivity index (χ3n) is 7.30. The van der Waals surface area contributed by atoms with Gasteiger partial charge in [-0.25, -0.2) is 12.7 Å². The van der Waals surface area contributed by atoms with Crippen molar-refractivity contribution in [2.45, 2.75) is 18.4 Å². The normalized spacial score (nSPS) is 21.0. The summed E-state index contributed by atoms with van der Waals surface area (Å²) in [4.78, 5) is 20.4. The summed E-state index contributed by atoms with van der Waals surface area (Å²) in [6.07, 6.45) is 4.04. The molecule has 0 radical (unpaired) electrons. The summed E-state index contributed by atoms with van der Waals surface area (Å²) in [6, 6.07) is 16.2. The lowest BCUT2D eigenvalue weighted by molar-refractivity contribution is -0.135. The Hall–Kier alpha value is -3.01. The molecule has 0 N–H and O–H groups in total. The fourth-order valence-corrected chi connectivity index (χ4v) is 6.17. The van der Waals surface area contributed by atoms with Crippen molar-refractivity contribution in [1.82, 2.24) is 9.21 Å². The number of nitrogens with zero attached hydrogens (tertiary/aromatic N) is 3. The molecule has 1 aromatic heterocycles. The van der Waals surface area contributed by atoms with Gasteiger partial charge in [-0.15, -0.1) is 0 Å². The topological polar surface area (TPSA) is 92.4 Å². The zero-order chi connectivity index (χ0) is 24.2. The van der Waals surface area contributed by atoms with Crippen molar-refractivity contribution in [3.8, 4) is 11.1 Å². The van der Waals surface area contributed by atoms with Crippen LogP contribution in [0.1, 0.15) is 18.4 Å². The maximum atomic E-state index is 13.6. The molecule has 2 aromatic carbocycles. The molecule has 0 atom stereocenters. The molecule has 8 nitrogen and oxygen atoms in total. The minimum absolute atomic E-state index is 0.00286. The molecule has 2 saturated heterocycles. The Bertz CT molecular complexity index is 1410. The van der Waals surface area contributed by atoms with Gasteiger partial charge in [-0.05, 0) is 29.3 Å². The van der Waals surface area contributed by atoms with Crippen molar-refractivity contribution in [3.05, 3.63) is 60.4 Å². The quantitative estimate of drug-likeness (QED) is 0.545. The smallest absolute Gasteiger partial charge is 0.256 e. The molecule has 0 saturated carbocycles. The third-order valence-corrected chi connectivity index (χ3v) is 8.54. The summed E-state index contributed by atoms with van der Waals surface area (Å²) < 4.78 is 36.0. The van der Waals surface area contributed by atoms with E-state index in [2.05, 4.69) is 6.07 Å². The van der Waals surface area contributed by atoms with Gasteiger partial charge in [0.05, 0.1) is 12.5 Å². The number of amidine groups is 1. The van der Waals surface area contributed by atoms with Gasteiger partial charge in [0.2, 0.25) is 10.0 Å². The molecule has 0 bridgehead atoms. The number of amides is 1. The Labute approximate surface area is 204 Å². The Morgan fingerprint density at radius 3 is 2.40 bits per heavy atom.